The summed E-state index contributed by atoms with van der Waals surface area (Å²) in [7, 11) is 2.00. The number of imidazole rings is 1. The summed E-state index contributed by atoms with van der Waals surface area (Å²) in [5.41, 5.74) is 6.15. The summed E-state index contributed by atoms with van der Waals surface area (Å²) in [4.78, 5) is 4.27. The Labute approximate surface area is 90.9 Å². The Hall–Kier alpha value is -1.03. The third-order valence-electron chi connectivity index (χ3n) is 3.21. The van der Waals surface area contributed by atoms with Crippen molar-refractivity contribution in [1.29, 1.82) is 0 Å². The molecule has 1 aromatic rings. The number of nitrogens with zero attached hydrogens (tertiary/aromatic N) is 2. The monoisotopic (exact) mass is 208 g/mol. The summed E-state index contributed by atoms with van der Waals surface area (Å²) in [6.45, 7) is 0. The smallest absolute Gasteiger partial charge is 0.202 e. The molecule has 1 aromatic heterocycles. The first-order valence-electron chi connectivity index (χ1n) is 5.77. The Balaban J connectivity index is 2.00. The largest absolute Gasteiger partial charge is 0.351 e. The molecule has 0 saturated heterocycles. The fourth-order valence-corrected chi connectivity index (χ4v) is 2.19. The van der Waals surface area contributed by atoms with Crippen molar-refractivity contribution in [3.8, 4) is 0 Å². The van der Waals surface area contributed by atoms with Gasteiger partial charge in [0.2, 0.25) is 5.95 Å². The molecule has 0 spiro atoms. The molecule has 0 bridgehead atoms. The maximum Gasteiger partial charge on any atom is 0.202 e. The van der Waals surface area contributed by atoms with Gasteiger partial charge in [0.05, 0.1) is 0 Å². The van der Waals surface area contributed by atoms with Crippen molar-refractivity contribution in [2.45, 2.75) is 44.2 Å². The number of hydrogen-bond acceptors (Lipinski definition) is 3. The molecule has 0 radical (unpaired) electrons. The van der Waals surface area contributed by atoms with Crippen molar-refractivity contribution in [3.63, 3.8) is 0 Å². The summed E-state index contributed by atoms with van der Waals surface area (Å²) in [5, 5.41) is 3.45. The zero-order chi connectivity index (χ0) is 10.7. The number of nitrogens with two attached hydrogens (primary N) is 1. The van der Waals surface area contributed by atoms with Gasteiger partial charge in [-0.2, -0.15) is 0 Å². The van der Waals surface area contributed by atoms with Gasteiger partial charge in [0.25, 0.3) is 0 Å². The van der Waals surface area contributed by atoms with E-state index < -0.39 is 0 Å². The first-order chi connectivity index (χ1) is 7.27. The summed E-state index contributed by atoms with van der Waals surface area (Å²) < 4.78 is 2.00. The number of hydrogen-bond donors (Lipinski definition) is 2. The van der Waals surface area contributed by atoms with Crippen LogP contribution in [-0.2, 0) is 7.05 Å². The number of rotatable bonds is 2. The molecule has 0 amide bonds. The Morgan fingerprint density at radius 2 is 2.20 bits per heavy atom. The van der Waals surface area contributed by atoms with Crippen LogP contribution in [0.25, 0.3) is 0 Å². The van der Waals surface area contributed by atoms with Gasteiger partial charge in [-0.3, -0.25) is 0 Å². The van der Waals surface area contributed by atoms with Gasteiger partial charge in [0, 0.05) is 31.5 Å². The van der Waals surface area contributed by atoms with Crippen molar-refractivity contribution >= 4 is 5.95 Å². The average Bonchev–Trinajstić information content (AvgIpc) is 2.50. The van der Waals surface area contributed by atoms with E-state index in [-0.39, 0.29) is 6.04 Å². The van der Waals surface area contributed by atoms with Gasteiger partial charge >= 0.3 is 0 Å². The molecule has 1 saturated carbocycles. The number of anilines is 1. The minimum Gasteiger partial charge on any atom is -0.351 e. The third kappa shape index (κ3) is 2.50. The van der Waals surface area contributed by atoms with Crippen LogP contribution in [0.2, 0.25) is 0 Å². The molecule has 1 aliphatic carbocycles. The van der Waals surface area contributed by atoms with E-state index in [1.54, 1.807) is 0 Å². The molecule has 1 heterocycles. The Morgan fingerprint density at radius 1 is 1.40 bits per heavy atom. The van der Waals surface area contributed by atoms with Crippen molar-refractivity contribution in [3.05, 3.63) is 12.4 Å². The van der Waals surface area contributed by atoms with E-state index in [0.29, 0.717) is 6.04 Å². The minimum atomic E-state index is 0.268. The van der Waals surface area contributed by atoms with Crippen LogP contribution in [0, 0.1) is 0 Å². The van der Waals surface area contributed by atoms with Crippen molar-refractivity contribution in [1.82, 2.24) is 9.55 Å². The fraction of sp³-hybridized carbons (Fsp3) is 0.727. The first kappa shape index (κ1) is 10.5. The molecule has 84 valence electrons. The number of aryl methyl sites for hydroxylation is 1. The highest BCUT2D eigenvalue weighted by molar-refractivity contribution is 5.28. The molecule has 3 N–H and O–H groups in total. The lowest BCUT2D eigenvalue weighted by Gasteiger charge is -2.23. The zero-order valence-corrected chi connectivity index (χ0v) is 9.32. The normalized spacial score (nSPS) is 27.3. The molecule has 2 atom stereocenters. The van der Waals surface area contributed by atoms with Crippen LogP contribution in [0.4, 0.5) is 5.95 Å². The van der Waals surface area contributed by atoms with E-state index in [9.17, 15) is 0 Å². The second-order valence-electron chi connectivity index (χ2n) is 4.41. The van der Waals surface area contributed by atoms with E-state index in [4.69, 9.17) is 5.73 Å². The van der Waals surface area contributed by atoms with E-state index in [1.165, 1.54) is 19.3 Å². The molecule has 0 aliphatic heterocycles. The molecule has 2 rings (SSSR count). The highest BCUT2D eigenvalue weighted by Gasteiger charge is 2.20. The zero-order valence-electron chi connectivity index (χ0n) is 9.32. The predicted molar refractivity (Wildman–Crippen MR) is 61.7 cm³/mol. The molecule has 1 aliphatic rings. The van der Waals surface area contributed by atoms with E-state index in [1.807, 2.05) is 24.0 Å². The van der Waals surface area contributed by atoms with Crippen LogP contribution in [0.15, 0.2) is 12.4 Å². The standard InChI is InChI=1S/C11H20N4/c1-15-8-7-13-11(15)14-10-6-4-2-3-5-9(10)12/h7-10H,2-6,12H2,1H3,(H,13,14). The molecule has 4 heteroatoms. The van der Waals surface area contributed by atoms with Gasteiger partial charge in [-0.1, -0.05) is 19.3 Å². The summed E-state index contributed by atoms with van der Waals surface area (Å²) in [5.74, 6) is 0.928. The van der Waals surface area contributed by atoms with E-state index >= 15 is 0 Å². The minimum absolute atomic E-state index is 0.268. The van der Waals surface area contributed by atoms with Crippen LogP contribution in [0.3, 0.4) is 0 Å². The quantitative estimate of drug-likeness (QED) is 0.724. The maximum atomic E-state index is 6.15. The van der Waals surface area contributed by atoms with Crippen LogP contribution < -0.4 is 11.1 Å². The highest BCUT2D eigenvalue weighted by atomic mass is 15.2. The molecule has 0 aromatic carbocycles. The number of aromatic nitrogens is 2. The van der Waals surface area contributed by atoms with E-state index in [2.05, 4.69) is 10.3 Å². The molecular weight excluding hydrogens is 188 g/mol. The summed E-state index contributed by atoms with van der Waals surface area (Å²) in [6.07, 6.45) is 9.90. The topological polar surface area (TPSA) is 55.9 Å². The van der Waals surface area contributed by atoms with Crippen molar-refractivity contribution < 1.29 is 0 Å². The Morgan fingerprint density at radius 3 is 2.93 bits per heavy atom. The van der Waals surface area contributed by atoms with Gasteiger partial charge in [0.1, 0.15) is 0 Å². The molecule has 1 fully saturated rings. The number of nitrogens with one attached hydrogen (secondary N) is 1. The first-order valence-corrected chi connectivity index (χ1v) is 5.77. The van der Waals surface area contributed by atoms with Crippen LogP contribution >= 0.6 is 0 Å². The van der Waals surface area contributed by atoms with Gasteiger partial charge in [-0.25, -0.2) is 4.98 Å². The van der Waals surface area contributed by atoms with Gasteiger partial charge < -0.3 is 15.6 Å². The lowest BCUT2D eigenvalue weighted by atomic mass is 10.0. The lowest BCUT2D eigenvalue weighted by molar-refractivity contribution is 0.523. The van der Waals surface area contributed by atoms with Crippen molar-refractivity contribution in [2.24, 2.45) is 12.8 Å². The van der Waals surface area contributed by atoms with Crippen molar-refractivity contribution in [2.75, 3.05) is 5.32 Å². The SMILES string of the molecule is Cn1ccnc1NC1CCCCCC1N. The second-order valence-corrected chi connectivity index (χ2v) is 4.41. The maximum absolute atomic E-state index is 6.15. The van der Waals surface area contributed by atoms with E-state index in [0.717, 1.165) is 18.8 Å². The molecule has 4 nitrogen and oxygen atoms in total. The summed E-state index contributed by atoms with van der Waals surface area (Å²) in [6, 6.07) is 0.651. The van der Waals surface area contributed by atoms with Gasteiger partial charge in [0.15, 0.2) is 0 Å². The Kier molecular flexibility index (Phi) is 3.26. The van der Waals surface area contributed by atoms with Gasteiger partial charge in [-0.05, 0) is 12.8 Å². The van der Waals surface area contributed by atoms with Crippen LogP contribution in [-0.4, -0.2) is 21.6 Å². The Bertz CT molecular complexity index is 307. The fourth-order valence-electron chi connectivity index (χ4n) is 2.19. The highest BCUT2D eigenvalue weighted by Crippen LogP contribution is 2.19. The lowest BCUT2D eigenvalue weighted by Crippen LogP contribution is -2.39. The predicted octanol–water partition coefficient (Wildman–Crippen LogP) is 1.49. The second kappa shape index (κ2) is 4.66. The van der Waals surface area contributed by atoms with Crippen LogP contribution in [0.5, 0.6) is 0 Å². The summed E-state index contributed by atoms with van der Waals surface area (Å²) >= 11 is 0. The molecular formula is C11H20N4. The average molecular weight is 208 g/mol. The molecule has 2 unspecified atom stereocenters. The third-order valence-corrected chi connectivity index (χ3v) is 3.21. The molecule has 15 heavy (non-hydrogen) atoms. The van der Waals surface area contributed by atoms with Gasteiger partial charge in [-0.15, -0.1) is 0 Å². The van der Waals surface area contributed by atoms with Crippen LogP contribution in [0.1, 0.15) is 32.1 Å².